The summed E-state index contributed by atoms with van der Waals surface area (Å²) in [4.78, 5) is 11.9. The molecule has 8 heteroatoms. The number of alkyl halides is 3. The second-order valence-corrected chi connectivity index (χ2v) is 6.21. The minimum Gasteiger partial charge on any atom is -0.484 e. The van der Waals surface area contributed by atoms with E-state index in [-0.39, 0.29) is 18.9 Å². The van der Waals surface area contributed by atoms with E-state index in [4.69, 9.17) is 0 Å². The van der Waals surface area contributed by atoms with Gasteiger partial charge in [0.1, 0.15) is 5.75 Å². The van der Waals surface area contributed by atoms with Gasteiger partial charge < -0.3 is 20.5 Å². The van der Waals surface area contributed by atoms with Crippen LogP contribution in [0.2, 0.25) is 0 Å². The number of aliphatic hydroxyl groups excluding tert-OH is 1. The molecule has 1 aliphatic rings. The molecule has 0 aromatic heterocycles. The lowest BCUT2D eigenvalue weighted by atomic mass is 9.97. The van der Waals surface area contributed by atoms with E-state index in [1.807, 2.05) is 0 Å². The van der Waals surface area contributed by atoms with Crippen molar-refractivity contribution in [2.45, 2.75) is 38.0 Å². The monoisotopic (exact) mass is 346 g/mol. The van der Waals surface area contributed by atoms with Gasteiger partial charge in [0.2, 0.25) is 0 Å². The molecule has 1 aromatic carbocycles. The van der Waals surface area contributed by atoms with Gasteiger partial charge in [-0.2, -0.15) is 13.2 Å². The molecule has 1 fully saturated rings. The summed E-state index contributed by atoms with van der Waals surface area (Å²) in [6.07, 6.45) is -2.41. The van der Waals surface area contributed by atoms with Crippen molar-refractivity contribution in [3.63, 3.8) is 0 Å². The molecule has 24 heavy (non-hydrogen) atoms. The van der Waals surface area contributed by atoms with Crippen LogP contribution in [-0.2, 0) is 6.54 Å². The minimum atomic E-state index is -4.38. The van der Waals surface area contributed by atoms with Gasteiger partial charge in [-0.15, -0.1) is 0 Å². The van der Waals surface area contributed by atoms with Gasteiger partial charge in [-0.1, -0.05) is 12.1 Å². The average molecular weight is 346 g/mol. The van der Waals surface area contributed by atoms with Gasteiger partial charge >= 0.3 is 12.2 Å². The fourth-order valence-corrected chi connectivity index (χ4v) is 2.35. The first-order valence-electron chi connectivity index (χ1n) is 7.67. The number of nitrogens with one attached hydrogen (secondary N) is 2. The Labute approximate surface area is 138 Å². The van der Waals surface area contributed by atoms with Gasteiger partial charge in [0, 0.05) is 6.54 Å². The third-order valence-corrected chi connectivity index (χ3v) is 3.98. The fraction of sp³-hybridized carbons (Fsp3) is 0.562. The van der Waals surface area contributed by atoms with Crippen LogP contribution in [0.3, 0.4) is 0 Å². The van der Waals surface area contributed by atoms with Crippen molar-refractivity contribution in [1.29, 1.82) is 0 Å². The highest BCUT2D eigenvalue weighted by Crippen LogP contribution is 2.39. The van der Waals surface area contributed by atoms with Crippen molar-refractivity contribution in [1.82, 2.24) is 10.6 Å². The summed E-state index contributed by atoms with van der Waals surface area (Å²) >= 11 is 0. The summed E-state index contributed by atoms with van der Waals surface area (Å²) in [6, 6.07) is 5.61. The largest absolute Gasteiger partial charge is 0.484 e. The number of rotatable bonds is 7. The van der Waals surface area contributed by atoms with Crippen LogP contribution >= 0.6 is 0 Å². The van der Waals surface area contributed by atoms with E-state index in [0.29, 0.717) is 5.92 Å². The molecule has 0 spiro atoms. The predicted molar refractivity (Wildman–Crippen MR) is 81.6 cm³/mol. The van der Waals surface area contributed by atoms with E-state index in [0.717, 1.165) is 18.4 Å². The van der Waals surface area contributed by atoms with E-state index in [1.54, 1.807) is 19.1 Å². The lowest BCUT2D eigenvalue weighted by Crippen LogP contribution is -2.53. The van der Waals surface area contributed by atoms with Crippen LogP contribution in [0.25, 0.3) is 0 Å². The van der Waals surface area contributed by atoms with Crippen molar-refractivity contribution in [3.05, 3.63) is 29.8 Å². The summed E-state index contributed by atoms with van der Waals surface area (Å²) in [7, 11) is 0. The normalized spacial score (nSPS) is 17.0. The zero-order chi connectivity index (χ0) is 17.8. The van der Waals surface area contributed by atoms with Crippen LogP contribution in [0.1, 0.15) is 25.3 Å². The van der Waals surface area contributed by atoms with Gasteiger partial charge in [0.25, 0.3) is 0 Å². The number of aliphatic hydroxyl groups is 1. The van der Waals surface area contributed by atoms with Crippen molar-refractivity contribution in [2.75, 3.05) is 13.2 Å². The third kappa shape index (κ3) is 5.59. The molecule has 3 N–H and O–H groups in total. The molecule has 5 nitrogen and oxygen atoms in total. The summed E-state index contributed by atoms with van der Waals surface area (Å²) in [5, 5.41) is 14.9. The molecular formula is C16H21F3N2O3. The fourth-order valence-electron chi connectivity index (χ4n) is 2.35. The Hall–Kier alpha value is -1.96. The molecule has 2 amide bonds. The number of carbonyl (C=O) groups excluding carboxylic acids is 1. The molecular weight excluding hydrogens is 325 g/mol. The molecule has 0 aliphatic heterocycles. The summed E-state index contributed by atoms with van der Waals surface area (Å²) in [5.74, 6) is 0.403. The van der Waals surface area contributed by atoms with Crippen molar-refractivity contribution < 1.29 is 27.8 Å². The highest BCUT2D eigenvalue weighted by molar-refractivity contribution is 5.74. The van der Waals surface area contributed by atoms with Crippen molar-refractivity contribution in [3.8, 4) is 5.75 Å². The third-order valence-electron chi connectivity index (χ3n) is 3.98. The number of hydrogen-bond acceptors (Lipinski definition) is 3. The summed E-state index contributed by atoms with van der Waals surface area (Å²) < 4.78 is 40.8. The Morgan fingerprint density at radius 2 is 1.92 bits per heavy atom. The average Bonchev–Trinajstić information content (AvgIpc) is 3.36. The number of carbonyl (C=O) groups is 1. The minimum absolute atomic E-state index is 0.113. The molecule has 134 valence electrons. The maximum absolute atomic E-state index is 12.1. The van der Waals surface area contributed by atoms with Gasteiger partial charge in [0.05, 0.1) is 12.1 Å². The van der Waals surface area contributed by atoms with Crippen LogP contribution in [0, 0.1) is 5.92 Å². The zero-order valence-electron chi connectivity index (χ0n) is 13.3. The molecule has 0 heterocycles. The highest BCUT2D eigenvalue weighted by atomic mass is 19.4. The molecule has 1 saturated carbocycles. The van der Waals surface area contributed by atoms with E-state index in [9.17, 15) is 23.1 Å². The van der Waals surface area contributed by atoms with Crippen molar-refractivity contribution >= 4 is 6.03 Å². The lowest BCUT2D eigenvalue weighted by Gasteiger charge is -2.28. The molecule has 1 aromatic rings. The summed E-state index contributed by atoms with van der Waals surface area (Å²) in [6.45, 7) is 0.554. The molecule has 0 bridgehead atoms. The Bertz CT molecular complexity index is 559. The number of ether oxygens (including phenoxy) is 1. The molecule has 0 radical (unpaired) electrons. The standard InChI is InChI=1S/C16H21F3N2O3/c1-15(9-22,12-4-5-12)21-14(23)20-8-11-2-6-13(7-3-11)24-10-16(17,18)19/h2-3,6-7,12,22H,4-5,8-10H2,1H3,(H2,20,21,23). The van der Waals surface area contributed by atoms with Crippen LogP contribution < -0.4 is 15.4 Å². The van der Waals surface area contributed by atoms with Crippen LogP contribution in [0.4, 0.5) is 18.0 Å². The second kappa shape index (κ2) is 7.29. The first-order valence-corrected chi connectivity index (χ1v) is 7.67. The van der Waals surface area contributed by atoms with E-state index < -0.39 is 24.4 Å². The lowest BCUT2D eigenvalue weighted by molar-refractivity contribution is -0.153. The Balaban J connectivity index is 1.78. The van der Waals surface area contributed by atoms with E-state index in [2.05, 4.69) is 15.4 Å². The first-order chi connectivity index (χ1) is 11.2. The van der Waals surface area contributed by atoms with Gasteiger partial charge in [-0.05, 0) is 43.4 Å². The molecule has 0 saturated heterocycles. The topological polar surface area (TPSA) is 70.6 Å². The molecule has 1 aliphatic carbocycles. The Kier molecular flexibility index (Phi) is 5.58. The number of benzene rings is 1. The van der Waals surface area contributed by atoms with Gasteiger partial charge in [-0.3, -0.25) is 0 Å². The maximum atomic E-state index is 12.1. The maximum Gasteiger partial charge on any atom is 0.422 e. The van der Waals surface area contributed by atoms with Gasteiger partial charge in [0.15, 0.2) is 6.61 Å². The number of amides is 2. The molecule has 1 unspecified atom stereocenters. The number of urea groups is 1. The Morgan fingerprint density at radius 1 is 1.29 bits per heavy atom. The summed E-state index contributed by atoms with van der Waals surface area (Å²) in [5.41, 5.74) is 0.0981. The van der Waals surface area contributed by atoms with Crippen LogP contribution in [0.15, 0.2) is 24.3 Å². The molecule has 2 rings (SSSR count). The predicted octanol–water partition coefficient (Wildman–Crippen LogP) is 2.59. The second-order valence-electron chi connectivity index (χ2n) is 6.21. The zero-order valence-corrected chi connectivity index (χ0v) is 13.3. The van der Waals surface area contributed by atoms with E-state index in [1.165, 1.54) is 12.1 Å². The SMILES string of the molecule is CC(CO)(NC(=O)NCc1ccc(OCC(F)(F)F)cc1)C1CC1. The number of halogens is 3. The molecule has 1 atom stereocenters. The van der Waals surface area contributed by atoms with Crippen LogP contribution in [0.5, 0.6) is 5.75 Å². The van der Waals surface area contributed by atoms with Gasteiger partial charge in [-0.25, -0.2) is 4.79 Å². The highest BCUT2D eigenvalue weighted by Gasteiger charge is 2.42. The number of hydrogen-bond donors (Lipinski definition) is 3. The van der Waals surface area contributed by atoms with E-state index >= 15 is 0 Å². The first kappa shape index (κ1) is 18.4. The van der Waals surface area contributed by atoms with Crippen molar-refractivity contribution in [2.24, 2.45) is 5.92 Å². The Morgan fingerprint density at radius 3 is 2.42 bits per heavy atom. The smallest absolute Gasteiger partial charge is 0.422 e. The van der Waals surface area contributed by atoms with Crippen LogP contribution in [-0.4, -0.2) is 36.1 Å². The quantitative estimate of drug-likeness (QED) is 0.711.